The fourth-order valence-corrected chi connectivity index (χ4v) is 3.10. The number of alkyl halides is 3. The Bertz CT molecular complexity index is 953. The highest BCUT2D eigenvalue weighted by Crippen LogP contribution is 2.33. The van der Waals surface area contributed by atoms with Crippen molar-refractivity contribution in [3.05, 3.63) is 57.9 Å². The molecule has 2 aromatic rings. The summed E-state index contributed by atoms with van der Waals surface area (Å²) in [4.78, 5) is 12.7. The molecule has 1 aromatic heterocycles. The van der Waals surface area contributed by atoms with Crippen LogP contribution in [-0.2, 0) is 6.18 Å². The monoisotopic (exact) mass is 359 g/mol. The van der Waals surface area contributed by atoms with Gasteiger partial charge in [-0.3, -0.25) is 4.79 Å². The van der Waals surface area contributed by atoms with E-state index in [0.717, 1.165) is 22.9 Å². The van der Waals surface area contributed by atoms with E-state index in [-0.39, 0.29) is 5.69 Å². The zero-order valence-electron chi connectivity index (χ0n) is 14.0. The van der Waals surface area contributed by atoms with Crippen molar-refractivity contribution in [1.82, 2.24) is 4.68 Å². The number of hydrogen-bond acceptors (Lipinski definition) is 3. The predicted octanol–water partition coefficient (Wildman–Crippen LogP) is 4.43. The Balaban J connectivity index is 2.31. The van der Waals surface area contributed by atoms with Gasteiger partial charge in [0.1, 0.15) is 11.6 Å². The van der Waals surface area contributed by atoms with E-state index in [9.17, 15) is 18.0 Å². The van der Waals surface area contributed by atoms with Gasteiger partial charge in [0.25, 0.3) is 5.56 Å². The number of hydrogen-bond donors (Lipinski definition) is 0. The quantitative estimate of drug-likeness (QED) is 0.796. The molecule has 1 heterocycles. The lowest BCUT2D eigenvalue weighted by molar-refractivity contribution is -0.137. The van der Waals surface area contributed by atoms with Crippen LogP contribution in [0.25, 0.3) is 11.3 Å². The fraction of sp³-hybridized carbons (Fsp3) is 0.316. The molecule has 1 saturated carbocycles. The third kappa shape index (κ3) is 3.40. The van der Waals surface area contributed by atoms with E-state index in [2.05, 4.69) is 12.0 Å². The van der Waals surface area contributed by atoms with Gasteiger partial charge in [0.05, 0.1) is 11.3 Å². The number of nitriles is 1. The van der Waals surface area contributed by atoms with Gasteiger partial charge in [0, 0.05) is 11.3 Å². The van der Waals surface area contributed by atoms with Crippen LogP contribution in [-0.4, -0.2) is 10.4 Å². The van der Waals surface area contributed by atoms with E-state index in [4.69, 9.17) is 5.26 Å². The van der Waals surface area contributed by atoms with Gasteiger partial charge in [-0.05, 0) is 31.2 Å². The van der Waals surface area contributed by atoms with Crippen molar-refractivity contribution in [2.45, 2.75) is 32.4 Å². The average molecular weight is 359 g/mol. The molecule has 1 fully saturated rings. The summed E-state index contributed by atoms with van der Waals surface area (Å²) < 4.78 is 41.0. The SMILES string of the molecule is CC1CC/C(=N/n2c(-c3ccccc3)cc(C(F)(F)F)c(C#N)c2=O)C1. The van der Waals surface area contributed by atoms with Crippen molar-refractivity contribution in [3.8, 4) is 17.3 Å². The van der Waals surface area contributed by atoms with Crippen LogP contribution in [0.5, 0.6) is 0 Å². The first kappa shape index (κ1) is 17.9. The largest absolute Gasteiger partial charge is 0.417 e. The van der Waals surface area contributed by atoms with E-state index in [1.165, 1.54) is 6.07 Å². The van der Waals surface area contributed by atoms with Gasteiger partial charge >= 0.3 is 6.18 Å². The Hall–Kier alpha value is -2.88. The van der Waals surface area contributed by atoms with Gasteiger partial charge < -0.3 is 0 Å². The van der Waals surface area contributed by atoms with Crippen LogP contribution < -0.4 is 5.56 Å². The van der Waals surface area contributed by atoms with Crippen molar-refractivity contribution in [2.24, 2.45) is 11.0 Å². The van der Waals surface area contributed by atoms with E-state index in [1.807, 2.05) is 0 Å². The summed E-state index contributed by atoms with van der Waals surface area (Å²) >= 11 is 0. The average Bonchev–Trinajstić information content (AvgIpc) is 3.01. The molecule has 1 atom stereocenters. The van der Waals surface area contributed by atoms with Gasteiger partial charge in [-0.2, -0.15) is 28.2 Å². The normalized spacial score (nSPS) is 18.9. The summed E-state index contributed by atoms with van der Waals surface area (Å²) in [6, 6.07) is 10.5. The van der Waals surface area contributed by atoms with Crippen LogP contribution >= 0.6 is 0 Å². The molecule has 7 heteroatoms. The Kier molecular flexibility index (Phi) is 4.68. The van der Waals surface area contributed by atoms with Crippen LogP contribution in [0.4, 0.5) is 13.2 Å². The summed E-state index contributed by atoms with van der Waals surface area (Å²) in [6.07, 6.45) is -2.52. The van der Waals surface area contributed by atoms with Crippen molar-refractivity contribution in [3.63, 3.8) is 0 Å². The second-order valence-corrected chi connectivity index (χ2v) is 6.42. The highest BCUT2D eigenvalue weighted by atomic mass is 19.4. The molecule has 4 nitrogen and oxygen atoms in total. The van der Waals surface area contributed by atoms with E-state index in [1.54, 1.807) is 30.3 Å². The van der Waals surface area contributed by atoms with Gasteiger partial charge in [0.15, 0.2) is 0 Å². The lowest BCUT2D eigenvalue weighted by Gasteiger charge is -2.15. The topological polar surface area (TPSA) is 58.1 Å². The molecular weight excluding hydrogens is 343 g/mol. The van der Waals surface area contributed by atoms with Crippen LogP contribution in [0.2, 0.25) is 0 Å². The van der Waals surface area contributed by atoms with Crippen molar-refractivity contribution < 1.29 is 13.2 Å². The molecule has 0 amide bonds. The number of halogens is 3. The van der Waals surface area contributed by atoms with Gasteiger partial charge in [-0.15, -0.1) is 0 Å². The van der Waals surface area contributed by atoms with Crippen LogP contribution in [0, 0.1) is 17.2 Å². The second kappa shape index (κ2) is 6.79. The molecule has 3 rings (SSSR count). The maximum absolute atomic E-state index is 13.4. The maximum atomic E-state index is 13.4. The van der Waals surface area contributed by atoms with Gasteiger partial charge in [0.2, 0.25) is 0 Å². The Morgan fingerprint density at radius 3 is 2.50 bits per heavy atom. The first-order chi connectivity index (χ1) is 12.3. The minimum absolute atomic E-state index is 0.0222. The maximum Gasteiger partial charge on any atom is 0.417 e. The summed E-state index contributed by atoms with van der Waals surface area (Å²) in [5, 5.41) is 13.5. The molecule has 26 heavy (non-hydrogen) atoms. The number of benzene rings is 1. The van der Waals surface area contributed by atoms with Gasteiger partial charge in [-0.25, -0.2) is 0 Å². The molecule has 0 spiro atoms. The smallest absolute Gasteiger partial charge is 0.266 e. The molecule has 0 radical (unpaired) electrons. The summed E-state index contributed by atoms with van der Waals surface area (Å²) in [7, 11) is 0. The Labute approximate surface area is 148 Å². The number of nitrogens with zero attached hydrogens (tertiary/aromatic N) is 3. The lowest BCUT2D eigenvalue weighted by Crippen LogP contribution is -2.26. The molecule has 1 aliphatic rings. The van der Waals surface area contributed by atoms with E-state index < -0.39 is 22.9 Å². The minimum atomic E-state index is -4.80. The van der Waals surface area contributed by atoms with E-state index >= 15 is 0 Å². The highest BCUT2D eigenvalue weighted by molar-refractivity contribution is 5.86. The Morgan fingerprint density at radius 1 is 1.27 bits per heavy atom. The molecule has 0 bridgehead atoms. The lowest BCUT2D eigenvalue weighted by atomic mass is 10.0. The summed E-state index contributed by atoms with van der Waals surface area (Å²) in [5.74, 6) is 0.412. The standard InChI is InChI=1S/C19H16F3N3O/c1-12-7-8-14(9-12)24-25-17(13-5-3-2-4-6-13)10-16(19(20,21)22)15(11-23)18(25)26/h2-6,10,12H,7-9H2,1H3/b24-14-. The number of pyridine rings is 1. The predicted molar refractivity (Wildman–Crippen MR) is 91.7 cm³/mol. The summed E-state index contributed by atoms with van der Waals surface area (Å²) in [5.41, 5.74) is -2.02. The third-order valence-corrected chi connectivity index (χ3v) is 4.42. The molecule has 134 valence electrons. The zero-order valence-corrected chi connectivity index (χ0v) is 14.0. The molecule has 0 N–H and O–H groups in total. The molecule has 0 saturated heterocycles. The van der Waals surface area contributed by atoms with Crippen molar-refractivity contribution in [2.75, 3.05) is 0 Å². The summed E-state index contributed by atoms with van der Waals surface area (Å²) in [6.45, 7) is 2.05. The first-order valence-corrected chi connectivity index (χ1v) is 8.20. The number of rotatable bonds is 2. The van der Waals surface area contributed by atoms with Crippen molar-refractivity contribution >= 4 is 5.71 Å². The van der Waals surface area contributed by atoms with Crippen LogP contribution in [0.15, 0.2) is 46.3 Å². The van der Waals surface area contributed by atoms with Crippen LogP contribution in [0.1, 0.15) is 37.3 Å². The third-order valence-electron chi connectivity index (χ3n) is 4.42. The molecule has 1 aromatic carbocycles. The second-order valence-electron chi connectivity index (χ2n) is 6.42. The van der Waals surface area contributed by atoms with Gasteiger partial charge in [-0.1, -0.05) is 37.3 Å². The van der Waals surface area contributed by atoms with Crippen LogP contribution in [0.3, 0.4) is 0 Å². The molecule has 0 aliphatic heterocycles. The zero-order chi connectivity index (χ0) is 18.9. The highest BCUT2D eigenvalue weighted by Gasteiger charge is 2.36. The Morgan fingerprint density at radius 2 is 1.96 bits per heavy atom. The van der Waals surface area contributed by atoms with E-state index in [0.29, 0.717) is 24.3 Å². The minimum Gasteiger partial charge on any atom is -0.266 e. The first-order valence-electron chi connectivity index (χ1n) is 8.20. The molecule has 1 aliphatic carbocycles. The fourth-order valence-electron chi connectivity index (χ4n) is 3.10. The number of aromatic nitrogens is 1. The molecular formula is C19H16F3N3O. The molecule has 1 unspecified atom stereocenters. The van der Waals surface area contributed by atoms with Crippen molar-refractivity contribution in [1.29, 1.82) is 5.26 Å².